The van der Waals surface area contributed by atoms with E-state index in [2.05, 4.69) is 0 Å². The van der Waals surface area contributed by atoms with Crippen LogP contribution in [0.15, 0.2) is 46.2 Å². The van der Waals surface area contributed by atoms with Crippen molar-refractivity contribution in [3.8, 4) is 5.75 Å². The van der Waals surface area contributed by atoms with E-state index in [0.717, 1.165) is 21.4 Å². The molecular weight excluding hydrogens is 382 g/mol. The van der Waals surface area contributed by atoms with Gasteiger partial charge < -0.3 is 9.47 Å². The number of hydrogen-bond donors (Lipinski definition) is 0. The normalized spacial score (nSPS) is 14.3. The number of esters is 2. The first-order valence-corrected chi connectivity index (χ1v) is 9.18. The van der Waals surface area contributed by atoms with E-state index in [4.69, 9.17) is 9.47 Å². The van der Waals surface area contributed by atoms with Crippen molar-refractivity contribution in [3.63, 3.8) is 0 Å². The maximum Gasteiger partial charge on any atom is 0.347 e. The van der Waals surface area contributed by atoms with Crippen LogP contribution in [0.3, 0.4) is 0 Å². The Morgan fingerprint density at radius 3 is 2.71 bits per heavy atom. The Balaban J connectivity index is 1.94. The number of fused-ring (bicyclic) bond motifs is 6. The quantitative estimate of drug-likeness (QED) is 0.219. The number of carbonyl (C=O) groups is 2. The summed E-state index contributed by atoms with van der Waals surface area (Å²) in [5, 5.41) is 12.5. The molecule has 2 heterocycles. The molecule has 3 aromatic carbocycles. The second-order valence-electron chi connectivity index (χ2n) is 6.45. The van der Waals surface area contributed by atoms with Crippen molar-refractivity contribution in [2.24, 2.45) is 0 Å². The third kappa shape index (κ3) is 2.18. The van der Waals surface area contributed by atoms with Crippen LogP contribution in [0.2, 0.25) is 0 Å². The van der Waals surface area contributed by atoms with Crippen LogP contribution in [0.25, 0.3) is 10.8 Å². The highest BCUT2D eigenvalue weighted by molar-refractivity contribution is 7.99. The second kappa shape index (κ2) is 5.80. The van der Waals surface area contributed by atoms with E-state index in [1.807, 2.05) is 24.3 Å². The number of nitrogens with zero attached hydrogens (tertiary/aromatic N) is 1. The average Bonchev–Trinajstić information content (AvgIpc) is 2.98. The molecule has 0 N–H and O–H groups in total. The molecule has 8 heteroatoms. The van der Waals surface area contributed by atoms with Crippen molar-refractivity contribution in [1.82, 2.24) is 0 Å². The average molecular weight is 393 g/mol. The van der Waals surface area contributed by atoms with E-state index in [1.165, 1.54) is 18.9 Å². The van der Waals surface area contributed by atoms with Gasteiger partial charge in [-0.05, 0) is 23.3 Å². The molecule has 7 nitrogen and oxygen atoms in total. The Morgan fingerprint density at radius 1 is 1.18 bits per heavy atom. The Morgan fingerprint density at radius 2 is 1.96 bits per heavy atom. The van der Waals surface area contributed by atoms with E-state index in [9.17, 15) is 19.7 Å². The van der Waals surface area contributed by atoms with Crippen molar-refractivity contribution in [2.45, 2.75) is 16.2 Å². The van der Waals surface area contributed by atoms with E-state index in [0.29, 0.717) is 28.5 Å². The highest BCUT2D eigenvalue weighted by Crippen LogP contribution is 2.50. The number of ether oxygens (including phenoxy) is 2. The number of rotatable bonds is 2. The monoisotopic (exact) mass is 393 g/mol. The van der Waals surface area contributed by atoms with Crippen LogP contribution >= 0.6 is 11.8 Å². The van der Waals surface area contributed by atoms with Gasteiger partial charge in [0.25, 0.3) is 5.69 Å². The molecule has 138 valence electrons. The summed E-state index contributed by atoms with van der Waals surface area (Å²) in [5.41, 5.74) is 1.48. The first kappa shape index (κ1) is 16.8. The Labute approximate surface area is 162 Å². The van der Waals surface area contributed by atoms with E-state index < -0.39 is 16.9 Å². The number of hydrogen-bond acceptors (Lipinski definition) is 7. The van der Waals surface area contributed by atoms with Crippen molar-refractivity contribution in [3.05, 3.63) is 68.8 Å². The summed E-state index contributed by atoms with van der Waals surface area (Å²) in [4.78, 5) is 37.4. The lowest BCUT2D eigenvalue weighted by molar-refractivity contribution is -0.383. The Hall–Kier alpha value is -3.39. The molecule has 0 bridgehead atoms. The predicted octanol–water partition coefficient (Wildman–Crippen LogP) is 4.12. The van der Waals surface area contributed by atoms with Gasteiger partial charge in [-0.3, -0.25) is 10.1 Å². The molecule has 0 aromatic heterocycles. The predicted molar refractivity (Wildman–Crippen MR) is 100 cm³/mol. The Kier molecular flexibility index (Phi) is 3.47. The van der Waals surface area contributed by atoms with Crippen molar-refractivity contribution < 1.29 is 24.0 Å². The van der Waals surface area contributed by atoms with Crippen molar-refractivity contribution >= 4 is 40.2 Å². The lowest BCUT2D eigenvalue weighted by Gasteiger charge is -2.23. The second-order valence-corrected chi connectivity index (χ2v) is 7.50. The summed E-state index contributed by atoms with van der Waals surface area (Å²) < 4.78 is 10.2. The molecule has 0 unspecified atom stereocenters. The molecule has 0 spiro atoms. The maximum atomic E-state index is 12.3. The molecule has 2 aliphatic heterocycles. The SMILES string of the molecule is COc1cc2c3c(cc([N+](=O)[O-])c2c2c1Sc1ccccc1C2)C(=O)OC3=O. The van der Waals surface area contributed by atoms with Crippen LogP contribution < -0.4 is 4.74 Å². The number of benzene rings is 3. The zero-order valence-corrected chi connectivity index (χ0v) is 15.3. The third-order valence-corrected chi connectivity index (χ3v) is 6.27. The van der Waals surface area contributed by atoms with Crippen LogP contribution in [0.1, 0.15) is 31.8 Å². The fourth-order valence-electron chi connectivity index (χ4n) is 3.81. The number of methoxy groups -OCH3 is 1. The molecular formula is C20H11NO6S. The molecule has 0 radical (unpaired) electrons. The van der Waals surface area contributed by atoms with Gasteiger partial charge in [0.05, 0.1) is 33.4 Å². The van der Waals surface area contributed by atoms with Crippen LogP contribution in [0.5, 0.6) is 5.75 Å². The van der Waals surface area contributed by atoms with E-state index >= 15 is 0 Å². The zero-order valence-electron chi connectivity index (χ0n) is 14.5. The molecule has 2 aliphatic rings. The summed E-state index contributed by atoms with van der Waals surface area (Å²) in [6.07, 6.45) is 0.453. The highest BCUT2D eigenvalue weighted by Gasteiger charge is 2.37. The minimum absolute atomic E-state index is 0.0514. The number of nitro benzene ring substituents is 1. The number of carbonyl (C=O) groups excluding carboxylic acids is 2. The third-order valence-electron chi connectivity index (χ3n) is 5.00. The maximum absolute atomic E-state index is 12.3. The summed E-state index contributed by atoms with van der Waals surface area (Å²) in [7, 11) is 1.50. The fourth-order valence-corrected chi connectivity index (χ4v) is 4.98. The molecule has 0 amide bonds. The molecule has 0 saturated carbocycles. The van der Waals surface area contributed by atoms with Gasteiger partial charge in [-0.15, -0.1) is 0 Å². The van der Waals surface area contributed by atoms with E-state index in [-0.39, 0.29) is 16.8 Å². The summed E-state index contributed by atoms with van der Waals surface area (Å²) in [5.74, 6) is -1.18. The minimum atomic E-state index is -0.874. The first-order chi connectivity index (χ1) is 13.5. The molecule has 5 rings (SSSR count). The zero-order chi connectivity index (χ0) is 19.6. The molecule has 28 heavy (non-hydrogen) atoms. The molecule has 3 aromatic rings. The van der Waals surface area contributed by atoms with Crippen LogP contribution in [0.4, 0.5) is 5.69 Å². The van der Waals surface area contributed by atoms with Crippen LogP contribution in [-0.2, 0) is 11.2 Å². The number of cyclic esters (lactones) is 2. The van der Waals surface area contributed by atoms with Gasteiger partial charge >= 0.3 is 11.9 Å². The topological polar surface area (TPSA) is 95.7 Å². The smallest absolute Gasteiger partial charge is 0.347 e. The van der Waals surface area contributed by atoms with Crippen molar-refractivity contribution in [1.29, 1.82) is 0 Å². The Bertz CT molecular complexity index is 1250. The van der Waals surface area contributed by atoms with Gasteiger partial charge in [-0.25, -0.2) is 9.59 Å². The van der Waals surface area contributed by atoms with Gasteiger partial charge in [0.2, 0.25) is 0 Å². The first-order valence-electron chi connectivity index (χ1n) is 8.37. The minimum Gasteiger partial charge on any atom is -0.496 e. The van der Waals surface area contributed by atoms with Gasteiger partial charge in [-0.1, -0.05) is 30.0 Å². The standard InChI is InChI=1S/C20H11NO6S/c1-26-14-8-10-16(11-6-9-4-2-3-5-15(9)28-18(11)14)13(21(24)25)7-12-17(10)20(23)27-19(12)22/h2-5,7-8H,6H2,1H3. The molecule has 0 fully saturated rings. The lowest BCUT2D eigenvalue weighted by atomic mass is 9.91. The molecule has 0 aliphatic carbocycles. The van der Waals surface area contributed by atoms with Gasteiger partial charge in [0, 0.05) is 22.8 Å². The van der Waals surface area contributed by atoms with Crippen molar-refractivity contribution in [2.75, 3.05) is 7.11 Å². The highest BCUT2D eigenvalue weighted by atomic mass is 32.2. The molecule has 0 saturated heterocycles. The number of non-ortho nitro benzene ring substituents is 1. The summed E-state index contributed by atoms with van der Waals surface area (Å²) in [6, 6.07) is 10.5. The summed E-state index contributed by atoms with van der Waals surface area (Å²) in [6.45, 7) is 0. The lowest BCUT2D eigenvalue weighted by Crippen LogP contribution is -2.06. The van der Waals surface area contributed by atoms with Crippen LogP contribution in [-0.4, -0.2) is 24.0 Å². The largest absolute Gasteiger partial charge is 0.496 e. The summed E-state index contributed by atoms with van der Waals surface area (Å²) >= 11 is 1.47. The van der Waals surface area contributed by atoms with Crippen LogP contribution in [0, 0.1) is 10.1 Å². The fraction of sp³-hybridized carbons (Fsp3) is 0.100. The number of nitro groups is 1. The van der Waals surface area contributed by atoms with Gasteiger partial charge in [0.1, 0.15) is 5.75 Å². The van der Waals surface area contributed by atoms with Gasteiger partial charge in [-0.2, -0.15) is 0 Å². The van der Waals surface area contributed by atoms with Gasteiger partial charge in [0.15, 0.2) is 0 Å². The molecule has 0 atom stereocenters. The van der Waals surface area contributed by atoms with E-state index in [1.54, 1.807) is 6.07 Å².